The van der Waals surface area contributed by atoms with Crippen molar-refractivity contribution < 1.29 is 4.79 Å². The van der Waals surface area contributed by atoms with Gasteiger partial charge in [0.2, 0.25) is 0 Å². The fourth-order valence-electron chi connectivity index (χ4n) is 1.28. The Hall–Kier alpha value is -1.07. The van der Waals surface area contributed by atoms with Crippen molar-refractivity contribution in [2.75, 3.05) is 0 Å². The smallest absolute Gasteiger partial charge is 0.164 e. The number of carbonyl (C=O) groups is 1. The summed E-state index contributed by atoms with van der Waals surface area (Å²) in [6, 6.07) is 5.77. The van der Waals surface area contributed by atoms with Crippen LogP contribution >= 0.6 is 15.9 Å². The lowest BCUT2D eigenvalue weighted by molar-refractivity contribution is 0.0983. The number of hydrogen-bond acceptors (Lipinski definition) is 1. The lowest BCUT2D eigenvalue weighted by atomic mass is 10.1. The van der Waals surface area contributed by atoms with Crippen LogP contribution in [0.4, 0.5) is 0 Å². The topological polar surface area (TPSA) is 17.1 Å². The molecule has 1 aromatic rings. The number of benzene rings is 1. The van der Waals surface area contributed by atoms with Crippen LogP contribution in [0.15, 0.2) is 22.7 Å². The summed E-state index contributed by atoms with van der Waals surface area (Å²) >= 11 is 3.40. The number of aryl methyl sites for hydroxylation is 1. The highest BCUT2D eigenvalue weighted by molar-refractivity contribution is 9.10. The van der Waals surface area contributed by atoms with Crippen molar-refractivity contribution in [2.45, 2.75) is 26.7 Å². The average molecular weight is 265 g/mol. The van der Waals surface area contributed by atoms with Crippen LogP contribution in [0.3, 0.4) is 0 Å². The molecule has 15 heavy (non-hydrogen) atoms. The molecule has 0 atom stereocenters. The van der Waals surface area contributed by atoms with Gasteiger partial charge < -0.3 is 0 Å². The molecule has 1 nitrogen and oxygen atoms in total. The standard InChI is InChI=1S/C13H13BrO/c1-3-4-5-6-13(15)11-8-7-10(2)9-12(11)14/h7-9H,5-6H2,1-2H3. The monoisotopic (exact) mass is 264 g/mol. The van der Waals surface area contributed by atoms with Crippen LogP contribution in [-0.2, 0) is 0 Å². The van der Waals surface area contributed by atoms with Gasteiger partial charge in [-0.3, -0.25) is 4.79 Å². The van der Waals surface area contributed by atoms with Crippen LogP contribution in [0.25, 0.3) is 0 Å². The minimum Gasteiger partial charge on any atom is -0.294 e. The molecule has 0 aliphatic carbocycles. The maximum Gasteiger partial charge on any atom is 0.164 e. The average Bonchev–Trinajstić information content (AvgIpc) is 2.17. The predicted molar refractivity (Wildman–Crippen MR) is 65.9 cm³/mol. The summed E-state index contributed by atoms with van der Waals surface area (Å²) < 4.78 is 0.872. The molecule has 0 saturated heterocycles. The molecule has 0 amide bonds. The second-order valence-electron chi connectivity index (χ2n) is 3.33. The predicted octanol–water partition coefficient (Wildman–Crippen LogP) is 3.74. The third-order valence-corrected chi connectivity index (χ3v) is 2.73. The fourth-order valence-corrected chi connectivity index (χ4v) is 2.00. The molecule has 0 heterocycles. The van der Waals surface area contributed by atoms with Gasteiger partial charge >= 0.3 is 0 Å². The number of carbonyl (C=O) groups excluding carboxylic acids is 1. The largest absolute Gasteiger partial charge is 0.294 e. The number of hydrogen-bond donors (Lipinski definition) is 0. The third kappa shape index (κ3) is 3.53. The molecule has 0 fully saturated rings. The summed E-state index contributed by atoms with van der Waals surface area (Å²) in [7, 11) is 0. The molecule has 1 aromatic carbocycles. The van der Waals surface area contributed by atoms with E-state index < -0.39 is 0 Å². The van der Waals surface area contributed by atoms with E-state index in [0.717, 1.165) is 15.6 Å². The van der Waals surface area contributed by atoms with Crippen LogP contribution < -0.4 is 0 Å². The van der Waals surface area contributed by atoms with E-state index in [2.05, 4.69) is 27.8 Å². The first-order chi connectivity index (χ1) is 7.15. The number of Topliss-reactive ketones (excluding diaryl/α,β-unsaturated/α-hetero) is 1. The van der Waals surface area contributed by atoms with Crippen molar-refractivity contribution in [3.63, 3.8) is 0 Å². The van der Waals surface area contributed by atoms with E-state index in [4.69, 9.17) is 0 Å². The van der Waals surface area contributed by atoms with Crippen LogP contribution in [0, 0.1) is 18.8 Å². The summed E-state index contributed by atoms with van der Waals surface area (Å²) in [4.78, 5) is 11.8. The van der Waals surface area contributed by atoms with E-state index in [1.165, 1.54) is 0 Å². The lowest BCUT2D eigenvalue weighted by Gasteiger charge is -2.03. The number of rotatable bonds is 3. The van der Waals surface area contributed by atoms with Gasteiger partial charge in [0.15, 0.2) is 5.78 Å². The van der Waals surface area contributed by atoms with Gasteiger partial charge in [0.05, 0.1) is 0 Å². The van der Waals surface area contributed by atoms with E-state index in [9.17, 15) is 4.79 Å². The van der Waals surface area contributed by atoms with Crippen molar-refractivity contribution in [2.24, 2.45) is 0 Å². The normalized spacial score (nSPS) is 9.27. The van der Waals surface area contributed by atoms with E-state index >= 15 is 0 Å². The maximum atomic E-state index is 11.8. The summed E-state index contributed by atoms with van der Waals surface area (Å²) in [5, 5.41) is 0. The van der Waals surface area contributed by atoms with E-state index in [0.29, 0.717) is 12.8 Å². The Morgan fingerprint density at radius 2 is 2.20 bits per heavy atom. The first kappa shape index (κ1) is 12.0. The Morgan fingerprint density at radius 3 is 2.80 bits per heavy atom. The molecule has 2 heteroatoms. The Kier molecular flexibility index (Phi) is 4.58. The van der Waals surface area contributed by atoms with Crippen molar-refractivity contribution in [3.05, 3.63) is 33.8 Å². The zero-order valence-electron chi connectivity index (χ0n) is 8.93. The molecule has 0 unspecified atom stereocenters. The molecule has 0 aliphatic heterocycles. The SMILES string of the molecule is CC#CCCC(=O)c1ccc(C)cc1Br. The van der Waals surface area contributed by atoms with E-state index in [-0.39, 0.29) is 5.78 Å². The first-order valence-electron chi connectivity index (χ1n) is 4.84. The van der Waals surface area contributed by atoms with E-state index in [1.807, 2.05) is 25.1 Å². The van der Waals surface area contributed by atoms with Gasteiger partial charge in [-0.2, -0.15) is 0 Å². The minimum absolute atomic E-state index is 0.143. The van der Waals surface area contributed by atoms with Gasteiger partial charge in [0, 0.05) is 22.9 Å². The lowest BCUT2D eigenvalue weighted by Crippen LogP contribution is -1.99. The molecular formula is C13H13BrO. The minimum atomic E-state index is 0.143. The van der Waals surface area contributed by atoms with Crippen molar-refractivity contribution in [1.82, 2.24) is 0 Å². The highest BCUT2D eigenvalue weighted by atomic mass is 79.9. The third-order valence-electron chi connectivity index (χ3n) is 2.08. The van der Waals surface area contributed by atoms with Gasteiger partial charge in [-0.25, -0.2) is 0 Å². The first-order valence-corrected chi connectivity index (χ1v) is 5.63. The summed E-state index contributed by atoms with van der Waals surface area (Å²) in [6.45, 7) is 3.79. The number of halogens is 1. The van der Waals surface area contributed by atoms with Crippen molar-refractivity contribution in [3.8, 4) is 11.8 Å². The van der Waals surface area contributed by atoms with E-state index in [1.54, 1.807) is 6.92 Å². The summed E-state index contributed by atoms with van der Waals surface area (Å²) in [6.07, 6.45) is 1.12. The summed E-state index contributed by atoms with van der Waals surface area (Å²) in [5.41, 5.74) is 1.89. The van der Waals surface area contributed by atoms with Crippen LogP contribution in [-0.4, -0.2) is 5.78 Å². The van der Waals surface area contributed by atoms with Gasteiger partial charge in [0.25, 0.3) is 0 Å². The zero-order valence-corrected chi connectivity index (χ0v) is 10.5. The molecule has 0 aliphatic rings. The van der Waals surface area contributed by atoms with Gasteiger partial charge in [-0.15, -0.1) is 11.8 Å². The second-order valence-corrected chi connectivity index (χ2v) is 4.19. The highest BCUT2D eigenvalue weighted by Crippen LogP contribution is 2.20. The molecule has 0 aromatic heterocycles. The molecule has 0 bridgehead atoms. The second kappa shape index (κ2) is 5.72. The van der Waals surface area contributed by atoms with Gasteiger partial charge in [-0.1, -0.05) is 28.1 Å². The quantitative estimate of drug-likeness (QED) is 0.601. The Morgan fingerprint density at radius 1 is 1.47 bits per heavy atom. The molecule has 0 N–H and O–H groups in total. The van der Waals surface area contributed by atoms with Gasteiger partial charge in [0.1, 0.15) is 0 Å². The Bertz CT molecular complexity index is 424. The molecular weight excluding hydrogens is 252 g/mol. The van der Waals surface area contributed by atoms with Crippen LogP contribution in [0.2, 0.25) is 0 Å². The Labute approximate surface area is 99.0 Å². The Balaban J connectivity index is 2.76. The highest BCUT2D eigenvalue weighted by Gasteiger charge is 2.08. The molecule has 0 radical (unpaired) electrons. The number of ketones is 1. The van der Waals surface area contributed by atoms with Crippen molar-refractivity contribution in [1.29, 1.82) is 0 Å². The van der Waals surface area contributed by atoms with Crippen LogP contribution in [0.5, 0.6) is 0 Å². The maximum absolute atomic E-state index is 11.8. The zero-order chi connectivity index (χ0) is 11.3. The van der Waals surface area contributed by atoms with Crippen molar-refractivity contribution >= 4 is 21.7 Å². The molecule has 78 valence electrons. The molecule has 1 rings (SSSR count). The summed E-state index contributed by atoms with van der Waals surface area (Å²) in [5.74, 6) is 5.82. The molecule has 0 saturated carbocycles. The molecule has 0 spiro atoms. The van der Waals surface area contributed by atoms with Crippen LogP contribution in [0.1, 0.15) is 35.7 Å². The van der Waals surface area contributed by atoms with Gasteiger partial charge in [-0.05, 0) is 25.5 Å². The fraction of sp³-hybridized carbons (Fsp3) is 0.308.